The van der Waals surface area contributed by atoms with Crippen molar-refractivity contribution in [3.8, 4) is 5.75 Å². The Hall–Kier alpha value is -8.36. The molecule has 13 heteroatoms. The van der Waals surface area contributed by atoms with Gasteiger partial charge in [0.15, 0.2) is 0 Å². The molecule has 9 aromatic rings. The molecule has 0 fully saturated rings. The summed E-state index contributed by atoms with van der Waals surface area (Å²) in [6.07, 6.45) is 0. The Morgan fingerprint density at radius 1 is 0.276 bits per heavy atom. The monoisotopic (exact) mass is 1360 g/mol. The Balaban J connectivity index is 0.951. The number of nitrogens with zero attached hydrogens (tertiary/aromatic N) is 10. The number of para-hydroxylation sites is 8. The molecular formula is C63H50N10OPt2. The predicted octanol–water partition coefficient (Wildman–Crippen LogP) is 13.5. The summed E-state index contributed by atoms with van der Waals surface area (Å²) < 4.78 is 117. The molecule has 15 rings (SSSR count). The molecule has 0 N–H and O–H groups in total. The maximum absolute atomic E-state index is 9.06. The van der Waals surface area contributed by atoms with Gasteiger partial charge in [-0.05, 0) is 0 Å². The van der Waals surface area contributed by atoms with E-state index in [0.29, 0.717) is 113 Å². The normalized spacial score (nSPS) is 19.0. The zero-order valence-electron chi connectivity index (χ0n) is 52.2. The molecule has 6 aliphatic heterocycles. The zero-order valence-corrected chi connectivity index (χ0v) is 44.8. The van der Waals surface area contributed by atoms with E-state index >= 15 is 0 Å². The number of methoxy groups -OCH3 is 1. The summed E-state index contributed by atoms with van der Waals surface area (Å²) in [5, 5.41) is 0. The first kappa shape index (κ1) is 34.3. The molecule has 0 unspecified atom stereocenters. The van der Waals surface area contributed by atoms with Gasteiger partial charge in [-0.2, -0.15) is 0 Å². The van der Waals surface area contributed by atoms with Crippen LogP contribution in [0.25, 0.3) is 0 Å². The van der Waals surface area contributed by atoms with Crippen molar-refractivity contribution in [2.75, 3.05) is 84.0 Å². The predicted molar refractivity (Wildman–Crippen MR) is 310 cm³/mol. The van der Waals surface area contributed by atoms with E-state index < -0.39 is 63.2 Å². The van der Waals surface area contributed by atoms with Crippen LogP contribution in [0.3, 0.4) is 0 Å². The van der Waals surface area contributed by atoms with Gasteiger partial charge in [0, 0.05) is 0 Å². The molecule has 11 nitrogen and oxygen atoms in total. The van der Waals surface area contributed by atoms with Gasteiger partial charge in [0.1, 0.15) is 0 Å². The van der Waals surface area contributed by atoms with Crippen LogP contribution in [0.15, 0.2) is 212 Å². The quantitative estimate of drug-likeness (QED) is 0.170. The molecular weight excluding hydrogens is 1300 g/mol. The van der Waals surface area contributed by atoms with Crippen LogP contribution in [-0.2, 0) is 35.3 Å². The minimum atomic E-state index is -2.66. The van der Waals surface area contributed by atoms with Crippen molar-refractivity contribution in [2.45, 2.75) is 0 Å². The van der Waals surface area contributed by atoms with Crippen LogP contribution in [0, 0.1) is 0 Å². The van der Waals surface area contributed by atoms with E-state index in [-0.39, 0.29) is 0 Å². The fraction of sp³-hybridized carbons (Fsp3) is 0.0794. The third kappa shape index (κ3) is 6.68. The number of benzene rings is 9. The first-order valence-electron chi connectivity index (χ1n) is 30.3. The Morgan fingerprint density at radius 2 is 0.553 bits per heavy atom. The molecule has 0 radical (unpaired) electrons. The molecule has 0 saturated heterocycles. The molecule has 9 aromatic carbocycles. The van der Waals surface area contributed by atoms with Gasteiger partial charge in [-0.3, -0.25) is 0 Å². The van der Waals surface area contributed by atoms with Crippen molar-refractivity contribution in [2.24, 2.45) is 0 Å². The van der Waals surface area contributed by atoms with E-state index in [0.717, 1.165) is 11.4 Å². The number of fused-ring (bicyclic) bond motifs is 24. The molecule has 0 amide bonds. The Labute approximate surface area is 475 Å². The summed E-state index contributed by atoms with van der Waals surface area (Å²) in [6.45, 7) is -10.6. The van der Waals surface area contributed by atoms with Gasteiger partial charge in [0.25, 0.3) is 0 Å². The van der Waals surface area contributed by atoms with Crippen LogP contribution in [0.4, 0.5) is 102 Å². The van der Waals surface area contributed by atoms with E-state index in [1.165, 1.54) is 19.6 Å². The van der Waals surface area contributed by atoms with Gasteiger partial charge in [-0.25, -0.2) is 0 Å². The molecule has 76 heavy (non-hydrogen) atoms. The average Bonchev–Trinajstić information content (AvgIpc) is 1.62. The molecule has 0 atom stereocenters. The molecule has 0 spiro atoms. The topological polar surface area (TPSA) is 41.6 Å². The van der Waals surface area contributed by atoms with Gasteiger partial charge < -0.3 is 0 Å². The summed E-state index contributed by atoms with van der Waals surface area (Å²) in [4.78, 5) is 17.6. The SMILES string of the molecule is [2H]C([2H])([2H])N1[C]2=[Pt]=[C]3N(c4cccc(c4)N(c4ccc(N5c6cccc(c6)N6[C](=[Pt]=[C]7N(c8cccc5c8)c5ccccc5N7C([2H])([2H])[2H])N(C([2H])([2H])[2H])c5ccccc56)c(OC)c4)c4cccc(c4)N2c2ccccc21)c1ccccc1N3C([2H])([2H])[2H]. The summed E-state index contributed by atoms with van der Waals surface area (Å²) in [6, 6.07) is 67.0. The summed E-state index contributed by atoms with van der Waals surface area (Å²) in [5.41, 5.74) is 11.2. The fourth-order valence-corrected chi connectivity index (χ4v) is 17.1. The van der Waals surface area contributed by atoms with Gasteiger partial charge in [0.2, 0.25) is 0 Å². The third-order valence-corrected chi connectivity index (χ3v) is 20.2. The Morgan fingerprint density at radius 3 is 0.855 bits per heavy atom. The second kappa shape index (κ2) is 17.3. The summed E-state index contributed by atoms with van der Waals surface area (Å²) >= 11 is -3.33. The van der Waals surface area contributed by atoms with Gasteiger partial charge in [0.05, 0.1) is 0 Å². The number of anilines is 18. The van der Waals surface area contributed by atoms with Crippen molar-refractivity contribution in [1.29, 1.82) is 0 Å². The second-order valence-corrected chi connectivity index (χ2v) is 23.6. The van der Waals surface area contributed by atoms with E-state index in [1.807, 2.05) is 208 Å². The van der Waals surface area contributed by atoms with Crippen LogP contribution >= 0.6 is 0 Å². The van der Waals surface area contributed by atoms with Crippen LogP contribution in [-0.4, -0.2) is 51.6 Å². The molecule has 378 valence electrons. The zero-order chi connectivity index (χ0) is 60.9. The van der Waals surface area contributed by atoms with Crippen LogP contribution < -0.4 is 53.7 Å². The van der Waals surface area contributed by atoms with Crippen molar-refractivity contribution in [3.63, 3.8) is 0 Å². The van der Waals surface area contributed by atoms with E-state index in [2.05, 4.69) is 9.80 Å². The number of hydrogen-bond acceptors (Lipinski definition) is 11. The Kier molecular flexibility index (Phi) is 7.82. The van der Waals surface area contributed by atoms with E-state index in [9.17, 15) is 0 Å². The standard InChI is InChI=1S/C63H50N10O.2Pt/c1-64-41-68(58-30-10-6-26-54(58)64)45-18-14-22-49(36-45)72(50-23-15-19-46(37-50)69-42-65(2)55-27-7-11-31-59(55)69)53-34-35-62(63(40-53)74-5)73(51-24-16-20-47(38-51)70-43-66(3)56-28-8-12-32-60(56)70)52-25-17-21-48(39-52)71-44-67(4)57-29-9-13-33-61(57)71;;/h6-40H,1-5H3;;/i1D3,2D3,3D3,4D3;;. The fourth-order valence-electron chi connectivity index (χ4n) is 10.8. The minimum absolute atomic E-state index is 0.446. The van der Waals surface area contributed by atoms with Crippen molar-refractivity contribution in [3.05, 3.63) is 212 Å². The van der Waals surface area contributed by atoms with Gasteiger partial charge in [-0.1, -0.05) is 0 Å². The van der Waals surface area contributed by atoms with Gasteiger partial charge >= 0.3 is 478 Å². The van der Waals surface area contributed by atoms with E-state index in [4.69, 9.17) is 21.2 Å². The van der Waals surface area contributed by atoms with Crippen molar-refractivity contribution in [1.82, 2.24) is 0 Å². The molecule has 0 aromatic heterocycles. The number of hydrogen-bond donors (Lipinski definition) is 0. The number of rotatable bonds is 3. The van der Waals surface area contributed by atoms with Crippen molar-refractivity contribution >= 4 is 119 Å². The summed E-state index contributed by atoms with van der Waals surface area (Å²) in [5.74, 6) is 0.462. The van der Waals surface area contributed by atoms with Crippen LogP contribution in [0.5, 0.6) is 5.75 Å². The summed E-state index contributed by atoms with van der Waals surface area (Å²) in [7, 11) is 1.62. The maximum atomic E-state index is 9.06. The van der Waals surface area contributed by atoms with Crippen LogP contribution in [0.1, 0.15) is 16.4 Å². The molecule has 0 saturated carbocycles. The van der Waals surface area contributed by atoms with E-state index in [1.54, 1.807) is 31.4 Å². The number of ether oxygens (including phenoxy) is 1. The Bertz CT molecular complexity index is 4310. The average molecular weight is 1370 g/mol. The van der Waals surface area contributed by atoms with Crippen LogP contribution in [0.2, 0.25) is 0 Å². The van der Waals surface area contributed by atoms with Crippen molar-refractivity contribution < 1.29 is 56.5 Å². The molecule has 6 aliphatic rings. The molecule has 8 bridgehead atoms. The van der Waals surface area contributed by atoms with Gasteiger partial charge in [-0.15, -0.1) is 0 Å². The second-order valence-electron chi connectivity index (χ2n) is 18.4. The third-order valence-electron chi connectivity index (χ3n) is 14.1. The molecule has 6 heterocycles. The molecule has 0 aliphatic carbocycles. The first-order chi connectivity index (χ1) is 42.2. The first-order valence-corrected chi connectivity index (χ1v) is 28.8.